The van der Waals surface area contributed by atoms with Crippen molar-refractivity contribution in [3.8, 4) is 0 Å². The first-order valence-electron chi connectivity index (χ1n) is 8.94. The summed E-state index contributed by atoms with van der Waals surface area (Å²) in [6.45, 7) is 8.78. The first-order valence-corrected chi connectivity index (χ1v) is 10.6. The Morgan fingerprint density at radius 1 is 1.24 bits per heavy atom. The Bertz CT molecular complexity index is 664. The van der Waals surface area contributed by atoms with E-state index in [-0.39, 0.29) is 12.4 Å². The normalized spacial score (nSPS) is 21.7. The topological polar surface area (TPSA) is 41.1 Å². The molecule has 138 valence electrons. The minimum atomic E-state index is 0. The second-order valence-electron chi connectivity index (χ2n) is 7.47. The molecule has 1 saturated heterocycles. The number of piperidine rings is 1. The van der Waals surface area contributed by atoms with Gasteiger partial charge in [0.05, 0.1) is 13.1 Å². The molecule has 1 spiro atoms. The quantitative estimate of drug-likeness (QED) is 0.788. The van der Waals surface area contributed by atoms with E-state index in [4.69, 9.17) is 4.98 Å². The maximum Gasteiger partial charge on any atom is 0.107 e. The van der Waals surface area contributed by atoms with Gasteiger partial charge >= 0.3 is 0 Å². The summed E-state index contributed by atoms with van der Waals surface area (Å²) in [7, 11) is 0. The van der Waals surface area contributed by atoms with Crippen LogP contribution in [0.4, 0.5) is 0 Å². The molecule has 7 heteroatoms. The number of nitrogens with one attached hydrogen (secondary N) is 1. The highest BCUT2D eigenvalue weighted by Crippen LogP contribution is 2.56. The van der Waals surface area contributed by atoms with Gasteiger partial charge in [0.1, 0.15) is 10.0 Å². The molecule has 1 unspecified atom stereocenters. The Hall–Kier alpha value is -0.530. The minimum Gasteiger partial charge on any atom is -0.317 e. The molecule has 0 bridgehead atoms. The van der Waals surface area contributed by atoms with Gasteiger partial charge in [-0.25, -0.2) is 9.97 Å². The molecule has 25 heavy (non-hydrogen) atoms. The zero-order chi connectivity index (χ0) is 16.6. The Balaban J connectivity index is 0.00000182. The van der Waals surface area contributed by atoms with E-state index >= 15 is 0 Å². The molecule has 4 rings (SSSR count). The lowest BCUT2D eigenvalue weighted by molar-refractivity contribution is 0.187. The first-order chi connectivity index (χ1) is 11.7. The number of halogens is 1. The third-order valence-electron chi connectivity index (χ3n) is 5.49. The van der Waals surface area contributed by atoms with Crippen molar-refractivity contribution < 1.29 is 0 Å². The van der Waals surface area contributed by atoms with Gasteiger partial charge in [0.2, 0.25) is 0 Å². The van der Waals surface area contributed by atoms with Crippen LogP contribution < -0.4 is 5.32 Å². The lowest BCUT2D eigenvalue weighted by atomic mass is 9.93. The fourth-order valence-corrected chi connectivity index (χ4v) is 5.51. The smallest absolute Gasteiger partial charge is 0.107 e. The van der Waals surface area contributed by atoms with Crippen LogP contribution in [0.2, 0.25) is 0 Å². The van der Waals surface area contributed by atoms with Crippen LogP contribution in [0, 0.1) is 5.41 Å². The largest absolute Gasteiger partial charge is 0.317 e. The van der Waals surface area contributed by atoms with Crippen LogP contribution in [-0.2, 0) is 13.1 Å². The maximum atomic E-state index is 4.70. The number of thiazole rings is 2. The monoisotopic (exact) mass is 398 g/mol. The van der Waals surface area contributed by atoms with Crippen LogP contribution in [0.1, 0.15) is 53.9 Å². The fourth-order valence-electron chi connectivity index (χ4n) is 3.92. The van der Waals surface area contributed by atoms with Crippen LogP contribution in [0.5, 0.6) is 0 Å². The summed E-state index contributed by atoms with van der Waals surface area (Å²) in [5.74, 6) is 0.570. The molecule has 3 heterocycles. The van der Waals surface area contributed by atoms with Gasteiger partial charge in [0, 0.05) is 28.7 Å². The van der Waals surface area contributed by atoms with Gasteiger partial charge in [-0.2, -0.15) is 0 Å². The van der Waals surface area contributed by atoms with E-state index in [1.54, 1.807) is 11.3 Å². The number of aromatic nitrogens is 2. The molecule has 1 atom stereocenters. The minimum absolute atomic E-state index is 0. The second kappa shape index (κ2) is 8.01. The van der Waals surface area contributed by atoms with Gasteiger partial charge in [0.25, 0.3) is 0 Å². The third kappa shape index (κ3) is 4.25. The van der Waals surface area contributed by atoms with Crippen LogP contribution >= 0.6 is 35.1 Å². The SMILES string of the molecule is CC(C)c1cnc(CN(Cc2nccs2)C2CC23CCNCC3)s1.Cl. The summed E-state index contributed by atoms with van der Waals surface area (Å²) in [6, 6.07) is 0.704. The number of nitrogens with zero attached hydrogens (tertiary/aromatic N) is 3. The van der Waals surface area contributed by atoms with Crippen molar-refractivity contribution in [1.82, 2.24) is 20.2 Å². The Kier molecular flexibility index (Phi) is 6.16. The van der Waals surface area contributed by atoms with E-state index < -0.39 is 0 Å². The summed E-state index contributed by atoms with van der Waals surface area (Å²) >= 11 is 3.65. The molecule has 1 saturated carbocycles. The second-order valence-corrected chi connectivity index (χ2v) is 9.60. The summed E-state index contributed by atoms with van der Waals surface area (Å²) in [5.41, 5.74) is 0.556. The molecular formula is C18H27ClN4S2. The van der Waals surface area contributed by atoms with Crippen molar-refractivity contribution in [2.75, 3.05) is 13.1 Å². The number of hydrogen-bond acceptors (Lipinski definition) is 6. The van der Waals surface area contributed by atoms with E-state index in [1.807, 2.05) is 17.5 Å². The zero-order valence-electron chi connectivity index (χ0n) is 14.9. The van der Waals surface area contributed by atoms with Crippen molar-refractivity contribution in [3.05, 3.63) is 32.7 Å². The van der Waals surface area contributed by atoms with Gasteiger partial charge in [0.15, 0.2) is 0 Å². The molecule has 2 fully saturated rings. The number of hydrogen-bond donors (Lipinski definition) is 1. The first kappa shape index (κ1) is 19.2. The summed E-state index contributed by atoms with van der Waals surface area (Å²) in [4.78, 5) is 13.3. The zero-order valence-corrected chi connectivity index (χ0v) is 17.4. The Labute approximate surface area is 164 Å². The highest BCUT2D eigenvalue weighted by molar-refractivity contribution is 7.11. The average Bonchev–Trinajstić information content (AvgIpc) is 3.00. The van der Waals surface area contributed by atoms with Gasteiger partial charge in [-0.15, -0.1) is 35.1 Å². The van der Waals surface area contributed by atoms with E-state index in [2.05, 4.69) is 40.6 Å². The lowest BCUT2D eigenvalue weighted by Crippen LogP contribution is -2.35. The van der Waals surface area contributed by atoms with Crippen molar-refractivity contribution in [2.45, 2.75) is 58.2 Å². The predicted octanol–water partition coefficient (Wildman–Crippen LogP) is 4.29. The fraction of sp³-hybridized carbons (Fsp3) is 0.667. The van der Waals surface area contributed by atoms with Crippen LogP contribution in [0.15, 0.2) is 17.8 Å². The van der Waals surface area contributed by atoms with Crippen LogP contribution in [0.3, 0.4) is 0 Å². The molecule has 0 aromatic carbocycles. The molecule has 1 N–H and O–H groups in total. The average molecular weight is 399 g/mol. The van der Waals surface area contributed by atoms with Crippen LogP contribution in [-0.4, -0.2) is 34.0 Å². The third-order valence-corrected chi connectivity index (χ3v) is 7.53. The Morgan fingerprint density at radius 3 is 2.64 bits per heavy atom. The Morgan fingerprint density at radius 2 is 2.00 bits per heavy atom. The van der Waals surface area contributed by atoms with Gasteiger partial charge < -0.3 is 5.32 Å². The highest BCUT2D eigenvalue weighted by Gasteiger charge is 2.56. The van der Waals surface area contributed by atoms with Crippen molar-refractivity contribution >= 4 is 35.1 Å². The van der Waals surface area contributed by atoms with Crippen molar-refractivity contribution in [3.63, 3.8) is 0 Å². The summed E-state index contributed by atoms with van der Waals surface area (Å²) in [5, 5.41) is 8.08. The number of rotatable bonds is 6. The molecule has 0 amide bonds. The molecule has 2 aliphatic rings. The maximum absolute atomic E-state index is 4.70. The predicted molar refractivity (Wildman–Crippen MR) is 108 cm³/mol. The lowest BCUT2D eigenvalue weighted by Gasteiger charge is -2.28. The highest BCUT2D eigenvalue weighted by atomic mass is 35.5. The molecule has 2 aromatic heterocycles. The van der Waals surface area contributed by atoms with Crippen molar-refractivity contribution in [2.24, 2.45) is 5.41 Å². The van der Waals surface area contributed by atoms with Gasteiger partial charge in [-0.1, -0.05) is 13.8 Å². The molecule has 4 nitrogen and oxygen atoms in total. The van der Waals surface area contributed by atoms with E-state index in [1.165, 1.54) is 47.2 Å². The van der Waals surface area contributed by atoms with Crippen LogP contribution in [0.25, 0.3) is 0 Å². The van der Waals surface area contributed by atoms with Gasteiger partial charge in [-0.3, -0.25) is 4.90 Å². The summed E-state index contributed by atoms with van der Waals surface area (Å²) in [6.07, 6.45) is 7.98. The van der Waals surface area contributed by atoms with E-state index in [0.717, 1.165) is 13.1 Å². The van der Waals surface area contributed by atoms with Crippen molar-refractivity contribution in [1.29, 1.82) is 0 Å². The standard InChI is InChI=1S/C18H26N4S2.ClH/c1-13(2)14-10-21-17(24-14)12-22(11-16-20-7-8-23-16)15-9-18(15)3-5-19-6-4-18;/h7-8,10,13,15,19H,3-6,9,11-12H2,1-2H3;1H. The van der Waals surface area contributed by atoms with E-state index in [0.29, 0.717) is 17.4 Å². The molecule has 1 aliphatic heterocycles. The van der Waals surface area contributed by atoms with Gasteiger partial charge in [-0.05, 0) is 43.7 Å². The molecular weight excluding hydrogens is 372 g/mol. The molecule has 1 aliphatic carbocycles. The van der Waals surface area contributed by atoms with E-state index in [9.17, 15) is 0 Å². The molecule has 0 radical (unpaired) electrons. The summed E-state index contributed by atoms with van der Waals surface area (Å²) < 4.78 is 0. The molecule has 2 aromatic rings.